The molecule has 2 rings (SSSR count). The number of hydrogen-bond donors (Lipinski definition) is 0. The molecule has 0 N–H and O–H groups in total. The van der Waals surface area contributed by atoms with Crippen molar-refractivity contribution in [1.29, 1.82) is 0 Å². The lowest BCUT2D eigenvalue weighted by Crippen LogP contribution is -1.97. The molecule has 0 radical (unpaired) electrons. The molecule has 0 aliphatic rings. The van der Waals surface area contributed by atoms with Crippen LogP contribution in [0.3, 0.4) is 0 Å². The van der Waals surface area contributed by atoms with E-state index in [4.69, 9.17) is 11.6 Å². The lowest BCUT2D eigenvalue weighted by molar-refractivity contribution is 0.598. The number of rotatable bonds is 3. The largest absolute Gasteiger partial charge is 0.282 e. The SMILES string of the molecule is Cc1ccc(C=NS(=O)(=O)c2ccc(Cl)cc2)cc1. The van der Waals surface area contributed by atoms with Gasteiger partial charge in [0.25, 0.3) is 10.0 Å². The second-order valence-corrected chi connectivity index (χ2v) is 6.14. The van der Waals surface area contributed by atoms with Crippen LogP contribution in [-0.4, -0.2) is 14.6 Å². The summed E-state index contributed by atoms with van der Waals surface area (Å²) in [5, 5.41) is 0.487. The summed E-state index contributed by atoms with van der Waals surface area (Å²) >= 11 is 5.72. The first-order chi connectivity index (χ1) is 8.97. The highest BCUT2D eigenvalue weighted by Crippen LogP contribution is 2.16. The summed E-state index contributed by atoms with van der Waals surface area (Å²) in [6.07, 6.45) is 1.34. The topological polar surface area (TPSA) is 46.5 Å². The molecular weight excluding hydrogens is 282 g/mol. The highest BCUT2D eigenvalue weighted by atomic mass is 35.5. The summed E-state index contributed by atoms with van der Waals surface area (Å²) in [5.41, 5.74) is 1.85. The van der Waals surface area contributed by atoms with Crippen LogP contribution < -0.4 is 0 Å². The van der Waals surface area contributed by atoms with E-state index in [2.05, 4.69) is 4.40 Å². The van der Waals surface area contributed by atoms with Gasteiger partial charge in [0.05, 0.1) is 4.90 Å². The van der Waals surface area contributed by atoms with Gasteiger partial charge in [-0.2, -0.15) is 12.8 Å². The minimum atomic E-state index is -3.67. The molecule has 5 heteroatoms. The van der Waals surface area contributed by atoms with Crippen molar-refractivity contribution >= 4 is 27.8 Å². The Morgan fingerprint density at radius 3 is 2.16 bits per heavy atom. The monoisotopic (exact) mass is 293 g/mol. The third-order valence-electron chi connectivity index (χ3n) is 2.53. The van der Waals surface area contributed by atoms with Gasteiger partial charge in [0.1, 0.15) is 0 Å². The second kappa shape index (κ2) is 5.55. The molecule has 0 bridgehead atoms. The summed E-state index contributed by atoms with van der Waals surface area (Å²) < 4.78 is 27.5. The molecule has 0 amide bonds. The van der Waals surface area contributed by atoms with E-state index in [1.807, 2.05) is 31.2 Å². The van der Waals surface area contributed by atoms with Crippen molar-refractivity contribution < 1.29 is 8.42 Å². The Balaban J connectivity index is 2.26. The molecule has 0 atom stereocenters. The third kappa shape index (κ3) is 3.66. The molecule has 0 saturated heterocycles. The Morgan fingerprint density at radius 1 is 1.00 bits per heavy atom. The molecule has 98 valence electrons. The number of nitrogens with zero attached hydrogens (tertiary/aromatic N) is 1. The van der Waals surface area contributed by atoms with Crippen LogP contribution in [0.5, 0.6) is 0 Å². The maximum Gasteiger partial charge on any atom is 0.282 e. The van der Waals surface area contributed by atoms with Crippen molar-refractivity contribution in [2.75, 3.05) is 0 Å². The van der Waals surface area contributed by atoms with Gasteiger partial charge in [-0.15, -0.1) is 0 Å². The van der Waals surface area contributed by atoms with Gasteiger partial charge in [0.15, 0.2) is 0 Å². The Hall–Kier alpha value is -1.65. The van der Waals surface area contributed by atoms with Gasteiger partial charge < -0.3 is 0 Å². The van der Waals surface area contributed by atoms with E-state index in [0.717, 1.165) is 11.1 Å². The first-order valence-corrected chi connectivity index (χ1v) is 7.42. The quantitative estimate of drug-likeness (QED) is 0.814. The average Bonchev–Trinajstić information content (AvgIpc) is 2.39. The number of halogens is 1. The van der Waals surface area contributed by atoms with Crippen LogP contribution in [0.1, 0.15) is 11.1 Å². The van der Waals surface area contributed by atoms with Crippen LogP contribution in [0.15, 0.2) is 57.8 Å². The van der Waals surface area contributed by atoms with E-state index >= 15 is 0 Å². The van der Waals surface area contributed by atoms with Crippen LogP contribution >= 0.6 is 11.6 Å². The Labute approximate surface area is 117 Å². The Kier molecular flexibility index (Phi) is 4.02. The normalized spacial score (nSPS) is 11.9. The molecule has 0 saturated carbocycles. The predicted molar refractivity (Wildman–Crippen MR) is 77.4 cm³/mol. The summed E-state index contributed by atoms with van der Waals surface area (Å²) in [6, 6.07) is 13.3. The zero-order chi connectivity index (χ0) is 13.9. The first-order valence-electron chi connectivity index (χ1n) is 5.60. The van der Waals surface area contributed by atoms with E-state index in [9.17, 15) is 8.42 Å². The van der Waals surface area contributed by atoms with Gasteiger partial charge in [0.2, 0.25) is 0 Å². The fraction of sp³-hybridized carbons (Fsp3) is 0.0714. The van der Waals surface area contributed by atoms with Crippen LogP contribution in [0.4, 0.5) is 0 Å². The van der Waals surface area contributed by atoms with E-state index in [0.29, 0.717) is 5.02 Å². The maximum absolute atomic E-state index is 11.9. The van der Waals surface area contributed by atoms with Crippen LogP contribution in [0, 0.1) is 6.92 Å². The van der Waals surface area contributed by atoms with Crippen molar-refractivity contribution in [3.05, 3.63) is 64.7 Å². The summed E-state index contributed by atoms with van der Waals surface area (Å²) in [4.78, 5) is 0.125. The lowest BCUT2D eigenvalue weighted by Gasteiger charge is -1.99. The smallest absolute Gasteiger partial charge is 0.199 e. The zero-order valence-corrected chi connectivity index (χ0v) is 11.8. The molecule has 0 unspecified atom stereocenters. The van der Waals surface area contributed by atoms with E-state index in [1.54, 1.807) is 0 Å². The maximum atomic E-state index is 11.9. The van der Waals surface area contributed by atoms with Gasteiger partial charge in [-0.3, -0.25) is 0 Å². The Morgan fingerprint density at radius 2 is 1.58 bits per heavy atom. The highest BCUT2D eigenvalue weighted by Gasteiger charge is 2.10. The molecule has 0 fully saturated rings. The molecule has 0 aromatic heterocycles. The molecular formula is C14H12ClNO2S. The van der Waals surface area contributed by atoms with Gasteiger partial charge in [0, 0.05) is 11.2 Å². The van der Waals surface area contributed by atoms with Crippen molar-refractivity contribution in [3.8, 4) is 0 Å². The van der Waals surface area contributed by atoms with E-state index < -0.39 is 10.0 Å². The minimum Gasteiger partial charge on any atom is -0.199 e. The van der Waals surface area contributed by atoms with Gasteiger partial charge in [-0.1, -0.05) is 41.4 Å². The molecule has 0 aliphatic heterocycles. The molecule has 0 aliphatic carbocycles. The number of hydrogen-bond acceptors (Lipinski definition) is 2. The predicted octanol–water partition coefficient (Wildman–Crippen LogP) is 3.46. The van der Waals surface area contributed by atoms with E-state index in [1.165, 1.54) is 30.5 Å². The van der Waals surface area contributed by atoms with Crippen LogP contribution in [0.25, 0.3) is 0 Å². The second-order valence-electron chi connectivity index (χ2n) is 4.07. The zero-order valence-electron chi connectivity index (χ0n) is 10.2. The summed E-state index contributed by atoms with van der Waals surface area (Å²) in [6.45, 7) is 1.96. The van der Waals surface area contributed by atoms with Crippen LogP contribution in [-0.2, 0) is 10.0 Å². The third-order valence-corrected chi connectivity index (χ3v) is 4.03. The van der Waals surface area contributed by atoms with Gasteiger partial charge in [-0.05, 0) is 36.8 Å². The van der Waals surface area contributed by atoms with Crippen molar-refractivity contribution in [2.45, 2.75) is 11.8 Å². The number of aryl methyl sites for hydroxylation is 1. The van der Waals surface area contributed by atoms with Crippen molar-refractivity contribution in [3.63, 3.8) is 0 Å². The minimum absolute atomic E-state index is 0.125. The highest BCUT2D eigenvalue weighted by molar-refractivity contribution is 7.90. The van der Waals surface area contributed by atoms with Crippen molar-refractivity contribution in [1.82, 2.24) is 0 Å². The molecule has 3 nitrogen and oxygen atoms in total. The average molecular weight is 294 g/mol. The molecule has 2 aromatic carbocycles. The van der Waals surface area contributed by atoms with Gasteiger partial charge >= 0.3 is 0 Å². The number of benzene rings is 2. The van der Waals surface area contributed by atoms with Crippen LogP contribution in [0.2, 0.25) is 5.02 Å². The molecule has 19 heavy (non-hydrogen) atoms. The van der Waals surface area contributed by atoms with Gasteiger partial charge in [-0.25, -0.2) is 0 Å². The fourth-order valence-corrected chi connectivity index (χ4v) is 2.44. The molecule has 0 heterocycles. The molecule has 0 spiro atoms. The standard InChI is InChI=1S/C14H12ClNO2S/c1-11-2-4-12(5-3-11)10-16-19(17,18)14-8-6-13(15)7-9-14/h2-10H,1H3. The van der Waals surface area contributed by atoms with E-state index in [-0.39, 0.29) is 4.90 Å². The first kappa shape index (κ1) is 13.8. The summed E-state index contributed by atoms with van der Waals surface area (Å²) in [7, 11) is -3.67. The lowest BCUT2D eigenvalue weighted by atomic mass is 10.2. The molecule has 2 aromatic rings. The fourth-order valence-electron chi connectivity index (χ4n) is 1.45. The Bertz CT molecular complexity index is 689. The number of sulfonamides is 1. The van der Waals surface area contributed by atoms with Crippen molar-refractivity contribution in [2.24, 2.45) is 4.40 Å². The summed E-state index contributed by atoms with van der Waals surface area (Å²) in [5.74, 6) is 0.